The highest BCUT2D eigenvalue weighted by atomic mass is 15.2. The Bertz CT molecular complexity index is 357. The Hall–Kier alpha value is -1.02. The molecule has 2 saturated heterocycles. The molecule has 3 rings (SSSR count). The first-order valence-electron chi connectivity index (χ1n) is 6.34. The number of rotatable bonds is 1. The summed E-state index contributed by atoms with van der Waals surface area (Å²) < 4.78 is 0. The van der Waals surface area contributed by atoms with Gasteiger partial charge in [-0.2, -0.15) is 0 Å². The van der Waals surface area contributed by atoms with Gasteiger partial charge in [0, 0.05) is 23.8 Å². The van der Waals surface area contributed by atoms with E-state index < -0.39 is 0 Å². The van der Waals surface area contributed by atoms with Crippen molar-refractivity contribution in [2.75, 3.05) is 4.90 Å². The first kappa shape index (κ1) is 10.2. The molecule has 2 heteroatoms. The monoisotopic (exact) mass is 216 g/mol. The summed E-state index contributed by atoms with van der Waals surface area (Å²) in [5.41, 5.74) is 8.82. The van der Waals surface area contributed by atoms with E-state index in [0.717, 1.165) is 0 Å². The average molecular weight is 216 g/mol. The van der Waals surface area contributed by atoms with Gasteiger partial charge in [0.25, 0.3) is 0 Å². The second-order valence-corrected chi connectivity index (χ2v) is 5.36. The topological polar surface area (TPSA) is 29.3 Å². The summed E-state index contributed by atoms with van der Waals surface area (Å²) in [5.74, 6) is 0. The van der Waals surface area contributed by atoms with E-state index in [9.17, 15) is 0 Å². The van der Waals surface area contributed by atoms with Crippen molar-refractivity contribution in [2.45, 2.75) is 50.7 Å². The summed E-state index contributed by atoms with van der Waals surface area (Å²) in [4.78, 5) is 2.61. The highest BCUT2D eigenvalue weighted by molar-refractivity contribution is 5.51. The highest BCUT2D eigenvalue weighted by Crippen LogP contribution is 2.38. The first-order chi connectivity index (χ1) is 7.74. The predicted octanol–water partition coefficient (Wildman–Crippen LogP) is 2.45. The van der Waals surface area contributed by atoms with Crippen molar-refractivity contribution in [3.05, 3.63) is 29.8 Å². The maximum Gasteiger partial charge on any atom is 0.0371 e. The number of piperidine rings is 1. The Morgan fingerprint density at radius 1 is 1.06 bits per heavy atom. The van der Waals surface area contributed by atoms with E-state index in [1.165, 1.54) is 36.9 Å². The smallest absolute Gasteiger partial charge is 0.0371 e. The third kappa shape index (κ3) is 1.61. The Morgan fingerprint density at radius 2 is 1.62 bits per heavy atom. The summed E-state index contributed by atoms with van der Waals surface area (Å²) in [6.07, 6.45) is 4.99. The van der Waals surface area contributed by atoms with Crippen LogP contribution in [0.1, 0.15) is 31.2 Å². The third-order valence-corrected chi connectivity index (χ3v) is 4.10. The van der Waals surface area contributed by atoms with Crippen molar-refractivity contribution >= 4 is 5.69 Å². The highest BCUT2D eigenvalue weighted by Gasteiger charge is 2.39. The average Bonchev–Trinajstić information content (AvgIpc) is 2.54. The van der Waals surface area contributed by atoms with E-state index in [4.69, 9.17) is 5.73 Å². The van der Waals surface area contributed by atoms with Crippen LogP contribution in [-0.4, -0.2) is 18.1 Å². The quantitative estimate of drug-likeness (QED) is 0.781. The van der Waals surface area contributed by atoms with E-state index in [2.05, 4.69) is 36.1 Å². The van der Waals surface area contributed by atoms with Crippen molar-refractivity contribution in [3.63, 3.8) is 0 Å². The molecular formula is C14H20N2. The molecule has 2 unspecified atom stereocenters. The summed E-state index contributed by atoms with van der Waals surface area (Å²) in [7, 11) is 0. The van der Waals surface area contributed by atoms with Crippen molar-refractivity contribution in [1.82, 2.24) is 0 Å². The Kier molecular flexibility index (Phi) is 2.40. The van der Waals surface area contributed by atoms with E-state index in [1.807, 2.05) is 0 Å². The minimum atomic E-state index is 0.430. The van der Waals surface area contributed by atoms with Crippen LogP contribution in [0.15, 0.2) is 24.3 Å². The van der Waals surface area contributed by atoms with Gasteiger partial charge in [-0.25, -0.2) is 0 Å². The maximum atomic E-state index is 6.09. The number of benzene rings is 1. The number of hydrogen-bond acceptors (Lipinski definition) is 2. The first-order valence-corrected chi connectivity index (χ1v) is 6.34. The zero-order valence-corrected chi connectivity index (χ0v) is 9.89. The second-order valence-electron chi connectivity index (χ2n) is 5.36. The number of hydrogen-bond donors (Lipinski definition) is 1. The molecule has 16 heavy (non-hydrogen) atoms. The molecule has 0 aromatic heterocycles. The lowest BCUT2D eigenvalue weighted by Gasteiger charge is -2.39. The molecule has 2 N–H and O–H groups in total. The van der Waals surface area contributed by atoms with Crippen LogP contribution >= 0.6 is 0 Å². The molecule has 2 fully saturated rings. The van der Waals surface area contributed by atoms with E-state index >= 15 is 0 Å². The number of nitrogens with zero attached hydrogens (tertiary/aromatic N) is 1. The SMILES string of the molecule is Cc1ccc(N2C3CCC2CC(N)C3)cc1. The fourth-order valence-corrected chi connectivity index (χ4v) is 3.36. The molecule has 2 atom stereocenters. The van der Waals surface area contributed by atoms with Gasteiger partial charge in [-0.1, -0.05) is 17.7 Å². The minimum Gasteiger partial charge on any atom is -0.365 e. The van der Waals surface area contributed by atoms with Crippen LogP contribution in [-0.2, 0) is 0 Å². The van der Waals surface area contributed by atoms with Gasteiger partial charge >= 0.3 is 0 Å². The number of nitrogens with two attached hydrogens (primary N) is 1. The second kappa shape index (κ2) is 3.77. The van der Waals surface area contributed by atoms with Crippen LogP contribution < -0.4 is 10.6 Å². The minimum absolute atomic E-state index is 0.430. The van der Waals surface area contributed by atoms with Crippen LogP contribution in [0.25, 0.3) is 0 Å². The van der Waals surface area contributed by atoms with Crippen molar-refractivity contribution in [2.24, 2.45) is 5.73 Å². The molecule has 1 aromatic rings. The molecule has 2 heterocycles. The van der Waals surface area contributed by atoms with Crippen molar-refractivity contribution in [1.29, 1.82) is 0 Å². The molecule has 1 aromatic carbocycles. The Labute approximate surface area is 97.4 Å². The zero-order chi connectivity index (χ0) is 11.1. The predicted molar refractivity (Wildman–Crippen MR) is 67.7 cm³/mol. The van der Waals surface area contributed by atoms with Gasteiger partial charge in [-0.05, 0) is 44.7 Å². The van der Waals surface area contributed by atoms with Gasteiger partial charge in [0.05, 0.1) is 0 Å². The molecule has 2 aliphatic heterocycles. The zero-order valence-electron chi connectivity index (χ0n) is 9.89. The fraction of sp³-hybridized carbons (Fsp3) is 0.571. The van der Waals surface area contributed by atoms with Crippen molar-refractivity contribution < 1.29 is 0 Å². The van der Waals surface area contributed by atoms with Crippen LogP contribution in [0.2, 0.25) is 0 Å². The fourth-order valence-electron chi connectivity index (χ4n) is 3.36. The molecule has 86 valence electrons. The Balaban J connectivity index is 1.88. The summed E-state index contributed by atoms with van der Waals surface area (Å²) in [5, 5.41) is 0. The molecule has 2 aliphatic rings. The molecule has 0 saturated carbocycles. The maximum absolute atomic E-state index is 6.09. The van der Waals surface area contributed by atoms with E-state index in [-0.39, 0.29) is 0 Å². The molecule has 0 amide bonds. The van der Waals surface area contributed by atoms with Crippen molar-refractivity contribution in [3.8, 4) is 0 Å². The third-order valence-electron chi connectivity index (χ3n) is 4.10. The van der Waals surface area contributed by atoms with E-state index in [1.54, 1.807) is 0 Å². The summed E-state index contributed by atoms with van der Waals surface area (Å²) in [6, 6.07) is 10.8. The standard InChI is InChI=1S/C14H20N2/c1-10-2-4-12(5-3-10)16-13-6-7-14(16)9-11(15)8-13/h2-5,11,13-14H,6-9,15H2,1H3. The summed E-state index contributed by atoms with van der Waals surface area (Å²) >= 11 is 0. The van der Waals surface area contributed by atoms with Gasteiger partial charge in [0.2, 0.25) is 0 Å². The van der Waals surface area contributed by atoms with Crippen LogP contribution in [0.5, 0.6) is 0 Å². The number of anilines is 1. The van der Waals surface area contributed by atoms with Gasteiger partial charge in [-0.15, -0.1) is 0 Å². The van der Waals surface area contributed by atoms with Gasteiger partial charge in [-0.3, -0.25) is 0 Å². The lowest BCUT2D eigenvalue weighted by molar-refractivity contribution is 0.414. The lowest BCUT2D eigenvalue weighted by atomic mass is 9.97. The van der Waals surface area contributed by atoms with Gasteiger partial charge < -0.3 is 10.6 Å². The molecule has 0 radical (unpaired) electrons. The molecular weight excluding hydrogens is 196 g/mol. The lowest BCUT2D eigenvalue weighted by Crippen LogP contribution is -2.47. The van der Waals surface area contributed by atoms with Crippen LogP contribution in [0.4, 0.5) is 5.69 Å². The van der Waals surface area contributed by atoms with Gasteiger partial charge in [0.1, 0.15) is 0 Å². The van der Waals surface area contributed by atoms with E-state index in [0.29, 0.717) is 18.1 Å². The van der Waals surface area contributed by atoms with Crippen LogP contribution in [0, 0.1) is 6.92 Å². The molecule has 2 nitrogen and oxygen atoms in total. The summed E-state index contributed by atoms with van der Waals surface area (Å²) in [6.45, 7) is 2.14. The van der Waals surface area contributed by atoms with Gasteiger partial charge in [0.15, 0.2) is 0 Å². The molecule has 0 spiro atoms. The number of aryl methyl sites for hydroxylation is 1. The molecule has 2 bridgehead atoms. The number of fused-ring (bicyclic) bond motifs is 2. The van der Waals surface area contributed by atoms with Crippen LogP contribution in [0.3, 0.4) is 0 Å². The molecule has 0 aliphatic carbocycles. The normalized spacial score (nSPS) is 33.1. The largest absolute Gasteiger partial charge is 0.365 e. The Morgan fingerprint density at radius 3 is 2.19 bits per heavy atom.